The zero-order chi connectivity index (χ0) is 12.3. The normalized spacial score (nSPS) is 22.0. The fourth-order valence-electron chi connectivity index (χ4n) is 2.74. The van der Waals surface area contributed by atoms with Crippen molar-refractivity contribution in [1.29, 1.82) is 0 Å². The van der Waals surface area contributed by atoms with Crippen LogP contribution in [0.1, 0.15) is 44.7 Å². The summed E-state index contributed by atoms with van der Waals surface area (Å²) in [6.07, 6.45) is 3.79. The van der Waals surface area contributed by atoms with Crippen LogP contribution in [0.5, 0.6) is 0 Å². The van der Waals surface area contributed by atoms with E-state index in [1.807, 2.05) is 12.1 Å². The maximum absolute atomic E-state index is 12.9. The van der Waals surface area contributed by atoms with Gasteiger partial charge in [-0.05, 0) is 43.0 Å². The molecule has 1 aromatic carbocycles. The minimum Gasteiger partial charge on any atom is -0.296 e. The zero-order valence-electron chi connectivity index (χ0n) is 10.8. The highest BCUT2D eigenvalue weighted by atomic mass is 19.1. The standard InChI is InChI=1S/C15H22FN/c1-12(2)11-17-10-4-3-5-15(17)13-6-8-14(16)9-7-13/h6-9,12,15H,3-5,10-11H2,1-2H3/t15-/m1/s1. The van der Waals surface area contributed by atoms with Gasteiger partial charge in [-0.25, -0.2) is 4.39 Å². The second-order valence-corrected chi connectivity index (χ2v) is 5.45. The van der Waals surface area contributed by atoms with Crippen molar-refractivity contribution in [2.75, 3.05) is 13.1 Å². The third-order valence-electron chi connectivity index (χ3n) is 3.47. The van der Waals surface area contributed by atoms with Crippen molar-refractivity contribution in [3.05, 3.63) is 35.6 Å². The second-order valence-electron chi connectivity index (χ2n) is 5.45. The number of likely N-dealkylation sites (tertiary alicyclic amines) is 1. The fourth-order valence-corrected chi connectivity index (χ4v) is 2.74. The smallest absolute Gasteiger partial charge is 0.123 e. The lowest BCUT2D eigenvalue weighted by molar-refractivity contribution is 0.132. The molecule has 1 aliphatic heterocycles. The van der Waals surface area contributed by atoms with Crippen LogP contribution in [0.3, 0.4) is 0 Å². The Morgan fingerprint density at radius 2 is 1.94 bits per heavy atom. The van der Waals surface area contributed by atoms with Gasteiger partial charge in [-0.3, -0.25) is 4.90 Å². The zero-order valence-corrected chi connectivity index (χ0v) is 10.8. The van der Waals surface area contributed by atoms with E-state index in [2.05, 4.69) is 18.7 Å². The highest BCUT2D eigenvalue weighted by Gasteiger charge is 2.24. The van der Waals surface area contributed by atoms with E-state index in [4.69, 9.17) is 0 Å². The van der Waals surface area contributed by atoms with Gasteiger partial charge in [-0.2, -0.15) is 0 Å². The van der Waals surface area contributed by atoms with Crippen molar-refractivity contribution in [3.8, 4) is 0 Å². The van der Waals surface area contributed by atoms with Gasteiger partial charge in [0, 0.05) is 12.6 Å². The molecule has 0 aliphatic carbocycles. The van der Waals surface area contributed by atoms with Crippen molar-refractivity contribution < 1.29 is 4.39 Å². The molecule has 17 heavy (non-hydrogen) atoms. The molecule has 0 radical (unpaired) electrons. The molecule has 1 aromatic rings. The molecule has 1 heterocycles. The molecule has 1 atom stereocenters. The molecule has 2 rings (SSSR count). The molecule has 0 amide bonds. The summed E-state index contributed by atoms with van der Waals surface area (Å²) in [4.78, 5) is 2.56. The molecule has 2 heteroatoms. The van der Waals surface area contributed by atoms with Crippen LogP contribution in [-0.4, -0.2) is 18.0 Å². The minimum absolute atomic E-state index is 0.139. The summed E-state index contributed by atoms with van der Waals surface area (Å²) in [5.74, 6) is 0.552. The van der Waals surface area contributed by atoms with E-state index in [-0.39, 0.29) is 5.82 Å². The molecule has 0 saturated carbocycles. The molecule has 1 nitrogen and oxygen atoms in total. The number of rotatable bonds is 3. The average Bonchev–Trinajstić information content (AvgIpc) is 2.30. The van der Waals surface area contributed by atoms with Gasteiger partial charge in [0.1, 0.15) is 5.82 Å². The van der Waals surface area contributed by atoms with Gasteiger partial charge < -0.3 is 0 Å². The largest absolute Gasteiger partial charge is 0.296 e. The fraction of sp³-hybridized carbons (Fsp3) is 0.600. The van der Waals surface area contributed by atoms with E-state index in [0.29, 0.717) is 12.0 Å². The van der Waals surface area contributed by atoms with Crippen LogP contribution in [0.2, 0.25) is 0 Å². The molecule has 0 aromatic heterocycles. The molecule has 0 unspecified atom stereocenters. The van der Waals surface area contributed by atoms with E-state index in [1.165, 1.54) is 31.4 Å². The Hall–Kier alpha value is -0.890. The van der Waals surface area contributed by atoms with E-state index < -0.39 is 0 Å². The van der Waals surface area contributed by atoms with E-state index in [0.717, 1.165) is 6.54 Å². The maximum atomic E-state index is 12.9. The van der Waals surface area contributed by atoms with Gasteiger partial charge in [-0.15, -0.1) is 0 Å². The average molecular weight is 235 g/mol. The second kappa shape index (κ2) is 5.63. The highest BCUT2D eigenvalue weighted by Crippen LogP contribution is 2.31. The van der Waals surface area contributed by atoms with Crippen LogP contribution >= 0.6 is 0 Å². The predicted octanol–water partition coefficient (Wildman–Crippen LogP) is 4.01. The molecule has 1 fully saturated rings. The van der Waals surface area contributed by atoms with Crippen molar-refractivity contribution in [2.24, 2.45) is 5.92 Å². The summed E-state index contributed by atoms with van der Waals surface area (Å²) in [5, 5.41) is 0. The van der Waals surface area contributed by atoms with Crippen LogP contribution in [0.15, 0.2) is 24.3 Å². The SMILES string of the molecule is CC(C)CN1CCCC[C@@H]1c1ccc(F)cc1. The summed E-state index contributed by atoms with van der Waals surface area (Å²) in [6.45, 7) is 6.84. The molecular weight excluding hydrogens is 213 g/mol. The van der Waals surface area contributed by atoms with Crippen LogP contribution in [-0.2, 0) is 0 Å². The van der Waals surface area contributed by atoms with Crippen LogP contribution in [0.25, 0.3) is 0 Å². The lowest BCUT2D eigenvalue weighted by Crippen LogP contribution is -2.36. The summed E-state index contributed by atoms with van der Waals surface area (Å²) in [5.41, 5.74) is 1.27. The first kappa shape index (κ1) is 12.6. The molecule has 1 saturated heterocycles. The van der Waals surface area contributed by atoms with Crippen LogP contribution in [0, 0.1) is 11.7 Å². The first-order chi connectivity index (χ1) is 8.16. The first-order valence-electron chi connectivity index (χ1n) is 6.66. The van der Waals surface area contributed by atoms with Crippen molar-refractivity contribution in [1.82, 2.24) is 4.90 Å². The predicted molar refractivity (Wildman–Crippen MR) is 69.4 cm³/mol. The number of nitrogens with zero attached hydrogens (tertiary/aromatic N) is 1. The number of benzene rings is 1. The van der Waals surface area contributed by atoms with Gasteiger partial charge in [0.05, 0.1) is 0 Å². The van der Waals surface area contributed by atoms with Crippen molar-refractivity contribution in [3.63, 3.8) is 0 Å². The summed E-state index contributed by atoms with van der Waals surface area (Å²) in [6, 6.07) is 7.54. The summed E-state index contributed by atoms with van der Waals surface area (Å²) < 4.78 is 12.9. The van der Waals surface area contributed by atoms with Gasteiger partial charge in [-0.1, -0.05) is 32.4 Å². The van der Waals surface area contributed by atoms with Gasteiger partial charge >= 0.3 is 0 Å². The number of hydrogen-bond donors (Lipinski definition) is 0. The number of hydrogen-bond acceptors (Lipinski definition) is 1. The molecule has 0 spiro atoms. The minimum atomic E-state index is -0.139. The quantitative estimate of drug-likeness (QED) is 0.765. The molecule has 0 bridgehead atoms. The molecule has 94 valence electrons. The first-order valence-corrected chi connectivity index (χ1v) is 6.66. The van der Waals surface area contributed by atoms with E-state index in [1.54, 1.807) is 12.1 Å². The van der Waals surface area contributed by atoms with Crippen LogP contribution in [0.4, 0.5) is 4.39 Å². The van der Waals surface area contributed by atoms with E-state index in [9.17, 15) is 4.39 Å². The summed E-state index contributed by atoms with van der Waals surface area (Å²) >= 11 is 0. The molecular formula is C15H22FN. The topological polar surface area (TPSA) is 3.24 Å². The lowest BCUT2D eigenvalue weighted by atomic mass is 9.94. The Kier molecular flexibility index (Phi) is 4.16. The number of halogens is 1. The third kappa shape index (κ3) is 3.29. The Labute approximate surface area is 104 Å². The Morgan fingerprint density at radius 1 is 1.24 bits per heavy atom. The van der Waals surface area contributed by atoms with Gasteiger partial charge in [0.25, 0.3) is 0 Å². The summed E-state index contributed by atoms with van der Waals surface area (Å²) in [7, 11) is 0. The monoisotopic (exact) mass is 235 g/mol. The molecule has 1 aliphatic rings. The Balaban J connectivity index is 2.12. The van der Waals surface area contributed by atoms with Crippen LogP contribution < -0.4 is 0 Å². The van der Waals surface area contributed by atoms with Crippen molar-refractivity contribution in [2.45, 2.75) is 39.2 Å². The third-order valence-corrected chi connectivity index (χ3v) is 3.47. The Bertz CT molecular complexity index is 344. The molecule has 0 N–H and O–H groups in total. The van der Waals surface area contributed by atoms with Gasteiger partial charge in [0.15, 0.2) is 0 Å². The Morgan fingerprint density at radius 3 is 2.59 bits per heavy atom. The highest BCUT2D eigenvalue weighted by molar-refractivity contribution is 5.20. The number of piperidine rings is 1. The van der Waals surface area contributed by atoms with E-state index >= 15 is 0 Å². The van der Waals surface area contributed by atoms with Gasteiger partial charge in [0.2, 0.25) is 0 Å². The lowest BCUT2D eigenvalue weighted by Gasteiger charge is -2.37. The maximum Gasteiger partial charge on any atom is 0.123 e. The van der Waals surface area contributed by atoms with Crippen molar-refractivity contribution >= 4 is 0 Å².